The molecule has 0 aliphatic carbocycles. The summed E-state index contributed by atoms with van der Waals surface area (Å²) in [4.78, 5) is 0.278. The number of piperidine rings is 1. The zero-order chi connectivity index (χ0) is 16.3. The highest BCUT2D eigenvalue weighted by Gasteiger charge is 2.36. The number of nitrogens with zero attached hydrogens (tertiary/aromatic N) is 1. The third kappa shape index (κ3) is 3.27. The Bertz CT molecular complexity index is 618. The van der Waals surface area contributed by atoms with Crippen LogP contribution in [0, 0.1) is 6.92 Å². The van der Waals surface area contributed by atoms with Crippen molar-refractivity contribution in [2.24, 2.45) is 5.73 Å². The maximum absolute atomic E-state index is 12.9. The van der Waals surface area contributed by atoms with Gasteiger partial charge in [0.25, 0.3) is 0 Å². The molecule has 124 valence electrons. The van der Waals surface area contributed by atoms with Crippen LogP contribution >= 0.6 is 0 Å². The fraction of sp³-hybridized carbons (Fsp3) is 0.600. The van der Waals surface area contributed by atoms with Gasteiger partial charge in [-0.05, 0) is 43.5 Å². The second-order valence-corrected chi connectivity index (χ2v) is 7.41. The highest BCUT2D eigenvalue weighted by atomic mass is 32.2. The van der Waals surface area contributed by atoms with E-state index in [1.54, 1.807) is 32.4 Å². The zero-order valence-corrected chi connectivity index (χ0v) is 14.1. The summed E-state index contributed by atoms with van der Waals surface area (Å²) in [7, 11) is -0.346. The summed E-state index contributed by atoms with van der Waals surface area (Å²) < 4.78 is 37.8. The molecule has 2 atom stereocenters. The Kier molecular flexibility index (Phi) is 5.44. The van der Waals surface area contributed by atoms with Crippen LogP contribution in [0.3, 0.4) is 0 Å². The number of ether oxygens (including phenoxy) is 2. The van der Waals surface area contributed by atoms with E-state index in [2.05, 4.69) is 0 Å². The molecule has 0 saturated carbocycles. The first-order valence-corrected chi connectivity index (χ1v) is 8.77. The lowest BCUT2D eigenvalue weighted by Gasteiger charge is -2.37. The molecule has 0 bridgehead atoms. The van der Waals surface area contributed by atoms with Crippen LogP contribution in [0.15, 0.2) is 23.1 Å². The number of sulfonamides is 1. The Morgan fingerprint density at radius 2 is 2.09 bits per heavy atom. The number of benzene rings is 1. The lowest BCUT2D eigenvalue weighted by Crippen LogP contribution is -2.51. The van der Waals surface area contributed by atoms with Crippen LogP contribution in [0.25, 0.3) is 0 Å². The molecule has 0 spiro atoms. The molecule has 1 saturated heterocycles. The van der Waals surface area contributed by atoms with Gasteiger partial charge in [-0.3, -0.25) is 0 Å². The molecule has 1 aliphatic rings. The number of nitrogens with two attached hydrogens (primary N) is 1. The average Bonchev–Trinajstić information content (AvgIpc) is 2.53. The minimum absolute atomic E-state index is 0.0672. The third-order valence-corrected chi connectivity index (χ3v) is 6.14. The van der Waals surface area contributed by atoms with E-state index >= 15 is 0 Å². The first-order chi connectivity index (χ1) is 10.4. The van der Waals surface area contributed by atoms with Crippen LogP contribution in [0.4, 0.5) is 0 Å². The Balaban J connectivity index is 2.31. The van der Waals surface area contributed by atoms with Crippen LogP contribution in [0.5, 0.6) is 5.75 Å². The van der Waals surface area contributed by atoms with E-state index in [0.29, 0.717) is 25.1 Å². The molecule has 2 N–H and O–H groups in total. The van der Waals surface area contributed by atoms with Crippen molar-refractivity contribution >= 4 is 10.0 Å². The maximum Gasteiger partial charge on any atom is 0.243 e. The highest BCUT2D eigenvalue weighted by molar-refractivity contribution is 7.89. The molecule has 6 nitrogen and oxygen atoms in total. The van der Waals surface area contributed by atoms with Crippen molar-refractivity contribution in [1.82, 2.24) is 4.31 Å². The second-order valence-electron chi connectivity index (χ2n) is 5.52. The van der Waals surface area contributed by atoms with Gasteiger partial charge >= 0.3 is 0 Å². The first-order valence-electron chi connectivity index (χ1n) is 7.33. The second kappa shape index (κ2) is 6.95. The lowest BCUT2D eigenvalue weighted by atomic mass is 10.0. The van der Waals surface area contributed by atoms with Gasteiger partial charge in [-0.25, -0.2) is 8.42 Å². The van der Waals surface area contributed by atoms with Crippen LogP contribution in [-0.2, 0) is 14.8 Å². The van der Waals surface area contributed by atoms with Crippen molar-refractivity contribution in [3.63, 3.8) is 0 Å². The van der Waals surface area contributed by atoms with Crippen LogP contribution in [0.1, 0.15) is 18.4 Å². The quantitative estimate of drug-likeness (QED) is 0.876. The Labute approximate surface area is 132 Å². The minimum atomic E-state index is -3.56. The largest absolute Gasteiger partial charge is 0.496 e. The summed E-state index contributed by atoms with van der Waals surface area (Å²) >= 11 is 0. The summed E-state index contributed by atoms with van der Waals surface area (Å²) in [6, 6.07) is 4.68. The van der Waals surface area contributed by atoms with E-state index < -0.39 is 10.0 Å². The minimum Gasteiger partial charge on any atom is -0.496 e. The van der Waals surface area contributed by atoms with Gasteiger partial charge in [0.2, 0.25) is 10.0 Å². The van der Waals surface area contributed by atoms with E-state index in [0.717, 1.165) is 5.56 Å². The fourth-order valence-electron chi connectivity index (χ4n) is 2.88. The van der Waals surface area contributed by atoms with Crippen molar-refractivity contribution in [3.8, 4) is 5.75 Å². The van der Waals surface area contributed by atoms with Gasteiger partial charge < -0.3 is 15.2 Å². The molecule has 1 aromatic rings. The van der Waals surface area contributed by atoms with Crippen LogP contribution in [0.2, 0.25) is 0 Å². The Morgan fingerprint density at radius 1 is 1.36 bits per heavy atom. The third-order valence-electron chi connectivity index (χ3n) is 4.19. The first kappa shape index (κ1) is 17.2. The fourth-order valence-corrected chi connectivity index (χ4v) is 4.63. The van der Waals surface area contributed by atoms with Gasteiger partial charge in [-0.2, -0.15) is 4.31 Å². The van der Waals surface area contributed by atoms with E-state index in [9.17, 15) is 8.42 Å². The summed E-state index contributed by atoms with van der Waals surface area (Å²) in [5, 5.41) is 0. The van der Waals surface area contributed by atoms with Crippen molar-refractivity contribution in [2.45, 2.75) is 36.8 Å². The summed E-state index contributed by atoms with van der Waals surface area (Å²) in [5.41, 5.74) is 6.57. The van der Waals surface area contributed by atoms with E-state index in [1.165, 1.54) is 4.31 Å². The van der Waals surface area contributed by atoms with E-state index in [-0.39, 0.29) is 23.6 Å². The average molecular weight is 328 g/mol. The Hall–Kier alpha value is -1.15. The number of methoxy groups -OCH3 is 2. The molecular formula is C15H24N2O4S. The summed E-state index contributed by atoms with van der Waals surface area (Å²) in [6.07, 6.45) is 1.38. The molecule has 0 aromatic heterocycles. The predicted molar refractivity (Wildman–Crippen MR) is 84.5 cm³/mol. The normalized spacial score (nSPS) is 23.5. The lowest BCUT2D eigenvalue weighted by molar-refractivity contribution is 0.0401. The molecule has 1 fully saturated rings. The molecule has 2 rings (SSSR count). The van der Waals surface area contributed by atoms with Gasteiger partial charge in [0.05, 0.1) is 18.1 Å². The molecule has 2 unspecified atom stereocenters. The van der Waals surface area contributed by atoms with Crippen molar-refractivity contribution < 1.29 is 17.9 Å². The molecule has 0 radical (unpaired) electrons. The molecule has 0 amide bonds. The summed E-state index contributed by atoms with van der Waals surface area (Å²) in [6.45, 7) is 2.54. The van der Waals surface area contributed by atoms with Gasteiger partial charge in [0.1, 0.15) is 5.75 Å². The van der Waals surface area contributed by atoms with Gasteiger partial charge in [0, 0.05) is 26.2 Å². The smallest absolute Gasteiger partial charge is 0.243 e. The monoisotopic (exact) mass is 328 g/mol. The van der Waals surface area contributed by atoms with Crippen molar-refractivity contribution in [2.75, 3.05) is 27.3 Å². The molecule has 22 heavy (non-hydrogen) atoms. The van der Waals surface area contributed by atoms with Gasteiger partial charge in [0.15, 0.2) is 0 Å². The Morgan fingerprint density at radius 3 is 2.64 bits per heavy atom. The zero-order valence-electron chi connectivity index (χ0n) is 13.3. The number of rotatable bonds is 5. The molecular weight excluding hydrogens is 304 g/mol. The maximum atomic E-state index is 12.9. The number of hydrogen-bond acceptors (Lipinski definition) is 5. The SMILES string of the molecule is COc1ccc(S(=O)(=O)N2CCC(OC)CC2CN)cc1C. The van der Waals surface area contributed by atoms with Crippen molar-refractivity contribution in [3.05, 3.63) is 23.8 Å². The predicted octanol–water partition coefficient (Wildman–Crippen LogP) is 1.13. The molecule has 7 heteroatoms. The topological polar surface area (TPSA) is 81.9 Å². The van der Waals surface area contributed by atoms with E-state index in [4.69, 9.17) is 15.2 Å². The highest BCUT2D eigenvalue weighted by Crippen LogP contribution is 2.28. The molecule has 1 aromatic carbocycles. The standard InChI is InChI=1S/C15H24N2O4S/c1-11-8-14(4-5-15(11)21-3)22(18,19)17-7-6-13(20-2)9-12(17)10-16/h4-5,8,12-13H,6-7,9-10,16H2,1-3H3. The van der Waals surface area contributed by atoms with Crippen molar-refractivity contribution in [1.29, 1.82) is 0 Å². The molecule has 1 aliphatic heterocycles. The summed E-state index contributed by atoms with van der Waals surface area (Å²) in [5.74, 6) is 0.674. The number of aryl methyl sites for hydroxylation is 1. The van der Waals surface area contributed by atoms with Crippen LogP contribution < -0.4 is 10.5 Å². The van der Waals surface area contributed by atoms with E-state index in [1.807, 2.05) is 6.92 Å². The number of hydrogen-bond donors (Lipinski definition) is 1. The van der Waals surface area contributed by atoms with Gasteiger partial charge in [-0.1, -0.05) is 0 Å². The van der Waals surface area contributed by atoms with Gasteiger partial charge in [-0.15, -0.1) is 0 Å². The van der Waals surface area contributed by atoms with Crippen LogP contribution in [-0.4, -0.2) is 52.2 Å². The molecule has 1 heterocycles.